The van der Waals surface area contributed by atoms with E-state index >= 15 is 0 Å². The van der Waals surface area contributed by atoms with E-state index in [1.807, 2.05) is 0 Å². The molecule has 2 aliphatic rings. The number of rotatable bonds is 5. The first-order valence-electron chi connectivity index (χ1n) is 8.51. The van der Waals surface area contributed by atoms with Gasteiger partial charge in [0.25, 0.3) is 5.56 Å². The van der Waals surface area contributed by atoms with Gasteiger partial charge in [-0.25, -0.2) is 4.52 Å². The molecule has 1 saturated heterocycles. The van der Waals surface area contributed by atoms with Crippen molar-refractivity contribution in [3.8, 4) is 5.75 Å². The van der Waals surface area contributed by atoms with Crippen LogP contribution in [0.15, 0.2) is 47.4 Å². The Bertz CT molecular complexity index is 1020. The molecule has 1 aromatic heterocycles. The topological polar surface area (TPSA) is 123 Å². The summed E-state index contributed by atoms with van der Waals surface area (Å²) >= 11 is 5.12. The highest BCUT2D eigenvalue weighted by Gasteiger charge is 2.76. The summed E-state index contributed by atoms with van der Waals surface area (Å²) in [4.78, 5) is 13.8. The van der Waals surface area contributed by atoms with Gasteiger partial charge in [-0.15, -0.1) is 4.52 Å². The van der Waals surface area contributed by atoms with Crippen LogP contribution >= 0.6 is 20.5 Å². The molecule has 0 radical (unpaired) electrons. The molecule has 28 heavy (non-hydrogen) atoms. The van der Waals surface area contributed by atoms with Crippen molar-refractivity contribution in [2.45, 2.75) is 43.0 Å². The molecule has 0 bridgehead atoms. The summed E-state index contributed by atoms with van der Waals surface area (Å²) in [6.07, 6.45) is -1.53. The molecular weight excluding hydrogens is 407 g/mol. The maximum absolute atomic E-state index is 12.2. The molecule has 1 saturated carbocycles. The Morgan fingerprint density at radius 2 is 2.07 bits per heavy atom. The normalized spacial score (nSPS) is 34.4. The van der Waals surface area contributed by atoms with Crippen LogP contribution in [0.1, 0.15) is 19.6 Å². The highest BCUT2D eigenvalue weighted by atomic mass is 32.1. The van der Waals surface area contributed by atoms with Gasteiger partial charge in [0, 0.05) is 23.2 Å². The van der Waals surface area contributed by atoms with Crippen molar-refractivity contribution in [3.63, 3.8) is 0 Å². The maximum Gasteiger partial charge on any atom is 0.750 e. The lowest BCUT2D eigenvalue weighted by atomic mass is 9.95. The molecule has 4 rings (SSSR count). The van der Waals surface area contributed by atoms with Crippen molar-refractivity contribution in [2.75, 3.05) is 0 Å². The van der Waals surface area contributed by atoms with Gasteiger partial charge in [-0.3, -0.25) is 14.3 Å². The molecular formula is C17H18N2O7PS+. The van der Waals surface area contributed by atoms with E-state index in [0.29, 0.717) is 5.75 Å². The molecule has 11 heteroatoms. The first-order valence-corrected chi connectivity index (χ1v) is 10.0. The first-order chi connectivity index (χ1) is 13.2. The van der Waals surface area contributed by atoms with E-state index in [1.54, 1.807) is 30.3 Å². The van der Waals surface area contributed by atoms with Crippen LogP contribution in [0.3, 0.4) is 0 Å². The Labute approximate surface area is 165 Å². The fourth-order valence-corrected chi connectivity index (χ4v) is 4.49. The minimum absolute atomic E-state index is 0.0404. The summed E-state index contributed by atoms with van der Waals surface area (Å²) in [5, 5.41) is 21.5. The second kappa shape index (κ2) is 6.84. The number of hydrogen-bond donors (Lipinski definition) is 3. The number of nitrogens with zero attached hydrogens (tertiary/aromatic N) is 1. The number of aliphatic hydroxyl groups excluding tert-OH is 1. The molecule has 1 spiro atoms. The molecule has 6 atom stereocenters. The van der Waals surface area contributed by atoms with Gasteiger partial charge in [-0.1, -0.05) is 18.2 Å². The number of H-pyrrole nitrogens is 1. The molecule has 3 N–H and O–H groups in total. The number of aromatic nitrogens is 2. The maximum atomic E-state index is 12.2. The van der Waals surface area contributed by atoms with Crippen LogP contribution in [0.25, 0.3) is 0 Å². The van der Waals surface area contributed by atoms with Crippen molar-refractivity contribution >= 4 is 20.5 Å². The molecule has 9 nitrogen and oxygen atoms in total. The monoisotopic (exact) mass is 425 g/mol. The molecule has 1 aliphatic carbocycles. The number of para-hydroxylation sites is 1. The quantitative estimate of drug-likeness (QED) is 0.490. The number of ether oxygens (including phenoxy) is 1. The predicted molar refractivity (Wildman–Crippen MR) is 99.5 cm³/mol. The van der Waals surface area contributed by atoms with Crippen molar-refractivity contribution in [1.82, 2.24) is 9.55 Å². The Hall–Kier alpha value is -1.94. The third kappa shape index (κ3) is 3.22. The van der Waals surface area contributed by atoms with Gasteiger partial charge < -0.3 is 14.9 Å². The summed E-state index contributed by atoms with van der Waals surface area (Å²) in [6, 6.07) is 9.77. The fourth-order valence-electron chi connectivity index (χ4n) is 3.43. The van der Waals surface area contributed by atoms with E-state index in [9.17, 15) is 19.6 Å². The van der Waals surface area contributed by atoms with Gasteiger partial charge in [-0.05, 0) is 31.3 Å². The summed E-state index contributed by atoms with van der Waals surface area (Å²) in [5.41, 5.74) is -3.36. The van der Waals surface area contributed by atoms with E-state index in [4.69, 9.17) is 26.0 Å². The molecule has 1 aliphatic heterocycles. The van der Waals surface area contributed by atoms with E-state index in [-0.39, 0.29) is 11.2 Å². The molecule has 2 heterocycles. The van der Waals surface area contributed by atoms with Crippen LogP contribution < -0.4 is 10.1 Å². The Balaban J connectivity index is 1.51. The minimum atomic E-state index is -2.50. The highest BCUT2D eigenvalue weighted by Crippen LogP contribution is 2.59. The lowest BCUT2D eigenvalue weighted by Gasteiger charge is -2.27. The van der Waals surface area contributed by atoms with E-state index in [1.165, 1.54) is 23.8 Å². The molecule has 1 aromatic carbocycles. The number of aromatic amines is 1. The standard InChI is InChI=1S/C17H17N2O7PS/c1-16(22)13(21)17(24-14(16)19-8-7-12(20)18-15(19)28)9-11(17)26-27(23)25-10-5-3-2-4-6-10/h2-8,11,13-14,21-22H,9H2,1H3/p+1. The smallest absolute Gasteiger partial charge is 0.387 e. The van der Waals surface area contributed by atoms with Gasteiger partial charge in [0.15, 0.2) is 22.9 Å². The van der Waals surface area contributed by atoms with Crippen LogP contribution in [-0.2, 0) is 13.8 Å². The summed E-state index contributed by atoms with van der Waals surface area (Å²) in [7, 11) is -2.50. The van der Waals surface area contributed by atoms with Crippen LogP contribution in [-0.4, -0.2) is 43.2 Å². The highest BCUT2D eigenvalue weighted by molar-refractivity contribution is 7.71. The fraction of sp³-hybridized carbons (Fsp3) is 0.412. The third-order valence-electron chi connectivity index (χ3n) is 4.98. The average molecular weight is 425 g/mol. The molecule has 2 fully saturated rings. The largest absolute Gasteiger partial charge is 0.750 e. The second-order valence-corrected chi connectivity index (χ2v) is 8.22. The Kier molecular flexibility index (Phi) is 4.73. The lowest BCUT2D eigenvalue weighted by molar-refractivity contribution is -0.0993. The SMILES string of the molecule is CC1(O)C(n2ccc(=O)[nH]c2=S)OC2(CC2O[P+](=O)Oc2ccccc2)C1O. The zero-order chi connectivity index (χ0) is 20.1. The van der Waals surface area contributed by atoms with Crippen molar-refractivity contribution in [3.05, 3.63) is 57.7 Å². The van der Waals surface area contributed by atoms with Gasteiger partial charge >= 0.3 is 8.25 Å². The van der Waals surface area contributed by atoms with Gasteiger partial charge in [0.2, 0.25) is 0 Å². The number of benzene rings is 1. The van der Waals surface area contributed by atoms with Crippen LogP contribution in [0.2, 0.25) is 0 Å². The number of hydrogen-bond acceptors (Lipinski definition) is 8. The Morgan fingerprint density at radius 3 is 2.75 bits per heavy atom. The van der Waals surface area contributed by atoms with Gasteiger partial charge in [0.1, 0.15) is 17.3 Å². The third-order valence-corrected chi connectivity index (χ3v) is 6.08. The zero-order valence-corrected chi connectivity index (χ0v) is 16.4. The lowest BCUT2D eigenvalue weighted by Crippen LogP contribution is -2.45. The van der Waals surface area contributed by atoms with E-state index in [2.05, 4.69) is 4.98 Å². The first kappa shape index (κ1) is 19.4. The molecule has 6 unspecified atom stereocenters. The van der Waals surface area contributed by atoms with E-state index < -0.39 is 43.5 Å². The minimum Gasteiger partial charge on any atom is -0.387 e. The molecule has 148 valence electrons. The summed E-state index contributed by atoms with van der Waals surface area (Å²) in [6.45, 7) is 1.40. The van der Waals surface area contributed by atoms with Crippen molar-refractivity contribution in [2.24, 2.45) is 0 Å². The van der Waals surface area contributed by atoms with Gasteiger partial charge in [-0.2, -0.15) is 0 Å². The predicted octanol–water partition coefficient (Wildman–Crippen LogP) is 1.81. The van der Waals surface area contributed by atoms with Crippen molar-refractivity contribution in [1.29, 1.82) is 0 Å². The van der Waals surface area contributed by atoms with E-state index in [0.717, 1.165) is 0 Å². The second-order valence-electron chi connectivity index (χ2n) is 7.00. The Morgan fingerprint density at radius 1 is 1.36 bits per heavy atom. The summed E-state index contributed by atoms with van der Waals surface area (Å²) in [5.74, 6) is 0.385. The average Bonchev–Trinajstić information content (AvgIpc) is 3.28. The van der Waals surface area contributed by atoms with Gasteiger partial charge in [0.05, 0.1) is 0 Å². The van der Waals surface area contributed by atoms with Crippen LogP contribution in [0, 0.1) is 4.77 Å². The van der Waals surface area contributed by atoms with Crippen molar-refractivity contribution < 1.29 is 28.6 Å². The molecule has 0 amide bonds. The number of aliphatic hydroxyl groups is 2. The zero-order valence-electron chi connectivity index (χ0n) is 14.7. The van der Waals surface area contributed by atoms with Crippen LogP contribution in [0.4, 0.5) is 0 Å². The molecule has 2 aromatic rings. The number of nitrogens with one attached hydrogen (secondary N) is 1. The summed E-state index contributed by atoms with van der Waals surface area (Å²) < 4.78 is 30.1. The van der Waals surface area contributed by atoms with Crippen LogP contribution in [0.5, 0.6) is 5.75 Å².